The van der Waals surface area contributed by atoms with Crippen molar-refractivity contribution in [3.8, 4) is 0 Å². The monoisotopic (exact) mass is 235 g/mol. The zero-order valence-corrected chi connectivity index (χ0v) is 10.3. The maximum atomic E-state index is 11.8. The van der Waals surface area contributed by atoms with Crippen LogP contribution in [0.2, 0.25) is 0 Å². The molecule has 0 aromatic carbocycles. The summed E-state index contributed by atoms with van der Waals surface area (Å²) in [6.07, 6.45) is 1.47. The molecule has 0 aliphatic rings. The minimum absolute atomic E-state index is 0.0429. The molecule has 2 aromatic rings. The van der Waals surface area contributed by atoms with E-state index in [9.17, 15) is 4.79 Å². The first-order valence-electron chi connectivity index (χ1n) is 4.98. The third-order valence-corrected chi connectivity index (χ3v) is 3.00. The lowest BCUT2D eigenvalue weighted by Crippen LogP contribution is -2.28. The number of carbonyl (C=O) groups excluding carboxylic acids is 1. The molecule has 2 heterocycles. The van der Waals surface area contributed by atoms with Gasteiger partial charge in [0.15, 0.2) is 0 Å². The summed E-state index contributed by atoms with van der Waals surface area (Å²) in [5.41, 5.74) is -0.423. The van der Waals surface area contributed by atoms with E-state index in [-0.39, 0.29) is 5.91 Å². The number of carbonyl (C=O) groups is 1. The zero-order valence-electron chi connectivity index (χ0n) is 9.44. The van der Waals surface area contributed by atoms with Crippen molar-refractivity contribution in [2.45, 2.75) is 20.8 Å². The lowest BCUT2D eigenvalue weighted by atomic mass is 9.96. The molecule has 16 heavy (non-hydrogen) atoms. The summed E-state index contributed by atoms with van der Waals surface area (Å²) in [6, 6.07) is 1.91. The Labute approximate surface area is 97.7 Å². The molecular weight excluding hydrogens is 222 g/mol. The summed E-state index contributed by atoms with van der Waals surface area (Å²) >= 11 is 1.53. The summed E-state index contributed by atoms with van der Waals surface area (Å²) in [5, 5.41) is 5.66. The number of thiophene rings is 1. The van der Waals surface area contributed by atoms with Gasteiger partial charge in [0.05, 0.1) is 5.39 Å². The van der Waals surface area contributed by atoms with Crippen LogP contribution in [0.25, 0.3) is 10.2 Å². The molecular formula is C11H13N3OS. The van der Waals surface area contributed by atoms with Crippen LogP contribution < -0.4 is 5.32 Å². The molecule has 2 rings (SSSR count). The van der Waals surface area contributed by atoms with E-state index in [4.69, 9.17) is 0 Å². The Morgan fingerprint density at radius 3 is 2.81 bits per heavy atom. The van der Waals surface area contributed by atoms with Crippen LogP contribution in [0.5, 0.6) is 0 Å². The predicted molar refractivity (Wildman–Crippen MR) is 65.5 cm³/mol. The van der Waals surface area contributed by atoms with Crippen molar-refractivity contribution < 1.29 is 4.79 Å². The SMILES string of the molecule is CC(C)(C)C(=O)Nc1ncnc2sccc12. The van der Waals surface area contributed by atoms with E-state index in [2.05, 4.69) is 15.3 Å². The lowest BCUT2D eigenvalue weighted by molar-refractivity contribution is -0.123. The molecule has 2 aromatic heterocycles. The molecule has 0 aliphatic heterocycles. The van der Waals surface area contributed by atoms with Crippen molar-refractivity contribution in [3.63, 3.8) is 0 Å². The predicted octanol–water partition coefficient (Wildman–Crippen LogP) is 2.68. The summed E-state index contributed by atoms with van der Waals surface area (Å²) < 4.78 is 0. The van der Waals surface area contributed by atoms with Gasteiger partial charge in [-0.15, -0.1) is 11.3 Å². The highest BCUT2D eigenvalue weighted by Crippen LogP contribution is 2.25. The van der Waals surface area contributed by atoms with Gasteiger partial charge >= 0.3 is 0 Å². The van der Waals surface area contributed by atoms with Crippen molar-refractivity contribution in [1.82, 2.24) is 9.97 Å². The van der Waals surface area contributed by atoms with Crippen LogP contribution in [0.1, 0.15) is 20.8 Å². The molecule has 0 fully saturated rings. The summed E-state index contributed by atoms with van der Waals surface area (Å²) in [6.45, 7) is 5.61. The second kappa shape index (κ2) is 3.83. The molecule has 0 unspecified atom stereocenters. The first kappa shape index (κ1) is 11.0. The summed E-state index contributed by atoms with van der Waals surface area (Å²) in [5.74, 6) is 0.546. The first-order valence-corrected chi connectivity index (χ1v) is 5.86. The highest BCUT2D eigenvalue weighted by molar-refractivity contribution is 7.16. The zero-order chi connectivity index (χ0) is 11.8. The molecule has 0 spiro atoms. The van der Waals surface area contributed by atoms with Crippen LogP contribution in [0.3, 0.4) is 0 Å². The van der Waals surface area contributed by atoms with Crippen LogP contribution in [0.4, 0.5) is 5.82 Å². The topological polar surface area (TPSA) is 54.9 Å². The van der Waals surface area contributed by atoms with Gasteiger partial charge in [0.2, 0.25) is 5.91 Å². The molecule has 0 atom stereocenters. The molecule has 0 saturated heterocycles. The third kappa shape index (κ3) is 2.04. The van der Waals surface area contributed by atoms with Crippen molar-refractivity contribution in [3.05, 3.63) is 17.8 Å². The molecule has 1 amide bonds. The Morgan fingerprint density at radius 2 is 2.12 bits per heavy atom. The van der Waals surface area contributed by atoms with Crippen molar-refractivity contribution >= 4 is 33.3 Å². The average Bonchev–Trinajstić information content (AvgIpc) is 2.65. The number of hydrogen-bond acceptors (Lipinski definition) is 4. The van der Waals surface area contributed by atoms with Gasteiger partial charge in [0.25, 0.3) is 0 Å². The number of hydrogen-bond donors (Lipinski definition) is 1. The number of nitrogens with zero attached hydrogens (tertiary/aromatic N) is 2. The molecule has 84 valence electrons. The van der Waals surface area contributed by atoms with Gasteiger partial charge in [-0.3, -0.25) is 4.79 Å². The quantitative estimate of drug-likeness (QED) is 0.826. The molecule has 0 aliphatic carbocycles. The fourth-order valence-electron chi connectivity index (χ4n) is 1.18. The van der Waals surface area contributed by atoms with E-state index in [0.717, 1.165) is 10.2 Å². The Hall–Kier alpha value is -1.49. The summed E-state index contributed by atoms with van der Waals surface area (Å²) in [7, 11) is 0. The Bertz CT molecular complexity index is 527. The van der Waals surface area contributed by atoms with Crippen molar-refractivity contribution in [2.24, 2.45) is 5.41 Å². The van der Waals surface area contributed by atoms with Gasteiger partial charge < -0.3 is 5.32 Å². The number of amides is 1. The van der Waals surface area contributed by atoms with Gasteiger partial charge in [-0.1, -0.05) is 20.8 Å². The van der Waals surface area contributed by atoms with Crippen LogP contribution in [0.15, 0.2) is 17.8 Å². The maximum Gasteiger partial charge on any atom is 0.230 e. The fraction of sp³-hybridized carbons (Fsp3) is 0.364. The molecule has 0 bridgehead atoms. The highest BCUT2D eigenvalue weighted by Gasteiger charge is 2.22. The van der Waals surface area contributed by atoms with E-state index in [1.165, 1.54) is 17.7 Å². The largest absolute Gasteiger partial charge is 0.310 e. The second-order valence-corrected chi connectivity index (χ2v) is 5.46. The Balaban J connectivity index is 2.35. The standard InChI is InChI=1S/C11H13N3OS/c1-11(2,3)10(15)14-8-7-4-5-16-9(7)13-6-12-8/h4-6H,1-3H3,(H,12,13,14,15). The van der Waals surface area contributed by atoms with E-state index in [1.807, 2.05) is 32.2 Å². The third-order valence-electron chi connectivity index (χ3n) is 2.17. The number of nitrogens with one attached hydrogen (secondary N) is 1. The van der Waals surface area contributed by atoms with Gasteiger partial charge in [-0.05, 0) is 11.4 Å². The highest BCUT2D eigenvalue weighted by atomic mass is 32.1. The first-order chi connectivity index (χ1) is 7.48. The Kier molecular flexibility index (Phi) is 2.63. The smallest absolute Gasteiger partial charge is 0.230 e. The number of aromatic nitrogens is 2. The maximum absolute atomic E-state index is 11.8. The lowest BCUT2D eigenvalue weighted by Gasteiger charge is -2.17. The van der Waals surface area contributed by atoms with Crippen molar-refractivity contribution in [2.75, 3.05) is 5.32 Å². The van der Waals surface area contributed by atoms with E-state index in [0.29, 0.717) is 5.82 Å². The van der Waals surface area contributed by atoms with E-state index < -0.39 is 5.41 Å². The normalized spacial score (nSPS) is 11.7. The van der Waals surface area contributed by atoms with Gasteiger partial charge in [-0.2, -0.15) is 0 Å². The Morgan fingerprint density at radius 1 is 1.38 bits per heavy atom. The van der Waals surface area contributed by atoms with Gasteiger partial charge in [-0.25, -0.2) is 9.97 Å². The molecule has 0 saturated carbocycles. The fourth-order valence-corrected chi connectivity index (χ4v) is 1.92. The number of fused-ring (bicyclic) bond motifs is 1. The molecule has 0 radical (unpaired) electrons. The number of anilines is 1. The average molecular weight is 235 g/mol. The molecule has 1 N–H and O–H groups in total. The number of rotatable bonds is 1. The second-order valence-electron chi connectivity index (χ2n) is 4.57. The van der Waals surface area contributed by atoms with Gasteiger partial charge in [0.1, 0.15) is 17.0 Å². The molecule has 4 nitrogen and oxygen atoms in total. The minimum atomic E-state index is -0.423. The van der Waals surface area contributed by atoms with Crippen LogP contribution >= 0.6 is 11.3 Å². The molecule has 5 heteroatoms. The van der Waals surface area contributed by atoms with Crippen LogP contribution in [0, 0.1) is 5.41 Å². The van der Waals surface area contributed by atoms with E-state index >= 15 is 0 Å². The van der Waals surface area contributed by atoms with Crippen LogP contribution in [-0.4, -0.2) is 15.9 Å². The minimum Gasteiger partial charge on any atom is -0.310 e. The van der Waals surface area contributed by atoms with Crippen molar-refractivity contribution in [1.29, 1.82) is 0 Å². The van der Waals surface area contributed by atoms with Crippen LogP contribution in [-0.2, 0) is 4.79 Å². The van der Waals surface area contributed by atoms with Gasteiger partial charge in [0, 0.05) is 5.41 Å². The summed E-state index contributed by atoms with van der Waals surface area (Å²) in [4.78, 5) is 20.9. The van der Waals surface area contributed by atoms with E-state index in [1.54, 1.807) is 0 Å².